The quantitative estimate of drug-likeness (QED) is 0.794. The summed E-state index contributed by atoms with van der Waals surface area (Å²) in [6, 6.07) is 9.82. The van der Waals surface area contributed by atoms with E-state index in [2.05, 4.69) is 7.11 Å². The van der Waals surface area contributed by atoms with E-state index in [1.165, 1.54) is 12.1 Å². The minimum Gasteiger partial charge on any atom is -0.374 e. The smallest absolute Gasteiger partial charge is 0.266 e. The normalized spacial score (nSPS) is 13.7. The molecule has 2 aromatic carbocycles. The van der Waals surface area contributed by atoms with Crippen molar-refractivity contribution < 1.29 is 14.3 Å². The zero-order chi connectivity index (χ0) is 15.9. The predicted octanol–water partition coefficient (Wildman–Crippen LogP) is 4.10. The molecule has 0 atom stereocenters. The third kappa shape index (κ3) is 2.29. The molecule has 0 N–H and O–H groups in total. The molecular weight excluding hydrogens is 325 g/mol. The first-order valence-corrected chi connectivity index (χ1v) is 7.13. The standard InChI is InChI=1S/C16H10Cl2NO3/c1-22-8-9-4-2-3-5-14(9)19-15(20)10-6-12(17)13(18)7-11(10)16(19)21/h2-7H,1,8H2. The Bertz CT molecular complexity index is 748. The minimum atomic E-state index is -0.435. The first-order chi connectivity index (χ1) is 10.5. The van der Waals surface area contributed by atoms with Gasteiger partial charge in [-0.2, -0.15) is 0 Å². The summed E-state index contributed by atoms with van der Waals surface area (Å²) in [6.07, 6.45) is 0. The van der Waals surface area contributed by atoms with Crippen LogP contribution in [0.4, 0.5) is 5.69 Å². The third-order valence-electron chi connectivity index (χ3n) is 3.42. The van der Waals surface area contributed by atoms with E-state index in [0.29, 0.717) is 11.3 Å². The number of halogens is 2. The number of ether oxygens (including phenoxy) is 1. The van der Waals surface area contributed by atoms with Gasteiger partial charge in [0.1, 0.15) is 0 Å². The Labute approximate surface area is 137 Å². The molecule has 0 spiro atoms. The SMILES string of the molecule is [CH2]OCc1ccccc1N1C(=O)c2cc(Cl)c(Cl)cc2C1=O. The molecule has 111 valence electrons. The van der Waals surface area contributed by atoms with E-state index in [9.17, 15) is 9.59 Å². The summed E-state index contributed by atoms with van der Waals surface area (Å²) in [5, 5.41) is 0.468. The monoisotopic (exact) mass is 334 g/mol. The predicted molar refractivity (Wildman–Crippen MR) is 84.2 cm³/mol. The van der Waals surface area contributed by atoms with Gasteiger partial charge in [0.2, 0.25) is 0 Å². The van der Waals surface area contributed by atoms with Gasteiger partial charge in [0.15, 0.2) is 0 Å². The van der Waals surface area contributed by atoms with Crippen molar-refractivity contribution in [2.45, 2.75) is 6.61 Å². The van der Waals surface area contributed by atoms with Gasteiger partial charge in [-0.25, -0.2) is 4.90 Å². The van der Waals surface area contributed by atoms with Crippen molar-refractivity contribution in [1.29, 1.82) is 0 Å². The summed E-state index contributed by atoms with van der Waals surface area (Å²) in [6.45, 7) is 0.186. The fourth-order valence-electron chi connectivity index (χ4n) is 2.41. The number of anilines is 1. The number of hydrogen-bond acceptors (Lipinski definition) is 3. The molecule has 0 aromatic heterocycles. The van der Waals surface area contributed by atoms with Gasteiger partial charge in [-0.05, 0) is 18.2 Å². The Morgan fingerprint density at radius 1 is 1.00 bits per heavy atom. The highest BCUT2D eigenvalue weighted by Crippen LogP contribution is 2.35. The van der Waals surface area contributed by atoms with Crippen LogP contribution in [0.1, 0.15) is 26.3 Å². The van der Waals surface area contributed by atoms with Gasteiger partial charge in [-0.15, -0.1) is 0 Å². The Morgan fingerprint density at radius 3 is 2.09 bits per heavy atom. The molecule has 3 rings (SSSR count). The summed E-state index contributed by atoms with van der Waals surface area (Å²) in [5.74, 6) is -0.870. The average Bonchev–Trinajstić information content (AvgIpc) is 2.73. The second-order valence-electron chi connectivity index (χ2n) is 4.73. The van der Waals surface area contributed by atoms with Crippen LogP contribution in [0.5, 0.6) is 0 Å². The number of benzene rings is 2. The maximum absolute atomic E-state index is 12.6. The van der Waals surface area contributed by atoms with E-state index in [-0.39, 0.29) is 27.8 Å². The fraction of sp³-hybridized carbons (Fsp3) is 0.0625. The highest BCUT2D eigenvalue weighted by atomic mass is 35.5. The van der Waals surface area contributed by atoms with E-state index in [0.717, 1.165) is 4.90 Å². The third-order valence-corrected chi connectivity index (χ3v) is 4.14. The number of amides is 2. The number of imide groups is 1. The molecule has 0 bridgehead atoms. The number of carbonyl (C=O) groups is 2. The zero-order valence-corrected chi connectivity index (χ0v) is 12.8. The summed E-state index contributed by atoms with van der Waals surface area (Å²) in [4.78, 5) is 26.3. The number of carbonyl (C=O) groups excluding carboxylic acids is 2. The maximum Gasteiger partial charge on any atom is 0.266 e. The van der Waals surface area contributed by atoms with Crippen LogP contribution in [0.2, 0.25) is 10.0 Å². The van der Waals surface area contributed by atoms with E-state index >= 15 is 0 Å². The summed E-state index contributed by atoms with van der Waals surface area (Å²) < 4.78 is 4.87. The second kappa shape index (κ2) is 5.72. The van der Waals surface area contributed by atoms with Crippen molar-refractivity contribution in [2.24, 2.45) is 0 Å². The van der Waals surface area contributed by atoms with Crippen molar-refractivity contribution in [3.05, 3.63) is 70.2 Å². The van der Waals surface area contributed by atoms with Crippen LogP contribution in [0, 0.1) is 7.11 Å². The van der Waals surface area contributed by atoms with Crippen LogP contribution < -0.4 is 4.90 Å². The molecule has 2 aromatic rings. The van der Waals surface area contributed by atoms with Crippen LogP contribution in [-0.2, 0) is 11.3 Å². The molecule has 0 saturated carbocycles. The molecule has 1 heterocycles. The second-order valence-corrected chi connectivity index (χ2v) is 5.55. The number of fused-ring (bicyclic) bond motifs is 1. The number of nitrogens with zero attached hydrogens (tertiary/aromatic N) is 1. The van der Waals surface area contributed by atoms with Gasteiger partial charge in [-0.1, -0.05) is 41.4 Å². The molecule has 0 aliphatic carbocycles. The maximum atomic E-state index is 12.6. The molecular formula is C16H10Cl2NO3. The number of hydrogen-bond donors (Lipinski definition) is 0. The molecule has 0 saturated heterocycles. The van der Waals surface area contributed by atoms with Crippen molar-refractivity contribution in [2.75, 3.05) is 4.90 Å². The molecule has 2 amide bonds. The van der Waals surface area contributed by atoms with Gasteiger partial charge in [0, 0.05) is 5.56 Å². The minimum absolute atomic E-state index is 0.186. The van der Waals surface area contributed by atoms with Gasteiger partial charge in [0.05, 0.1) is 40.6 Å². The van der Waals surface area contributed by atoms with E-state index < -0.39 is 11.8 Å². The average molecular weight is 335 g/mol. The molecule has 1 aliphatic heterocycles. The molecule has 1 aliphatic rings. The molecule has 1 radical (unpaired) electrons. The summed E-state index contributed by atoms with van der Waals surface area (Å²) in [5.41, 5.74) is 1.63. The van der Waals surface area contributed by atoms with Crippen LogP contribution in [0.3, 0.4) is 0 Å². The van der Waals surface area contributed by atoms with Crippen LogP contribution in [0.15, 0.2) is 36.4 Å². The van der Waals surface area contributed by atoms with Gasteiger partial charge in [0.25, 0.3) is 11.8 Å². The van der Waals surface area contributed by atoms with Gasteiger partial charge in [-0.3, -0.25) is 9.59 Å². The lowest BCUT2D eigenvalue weighted by Crippen LogP contribution is -2.30. The Morgan fingerprint density at radius 2 is 1.55 bits per heavy atom. The van der Waals surface area contributed by atoms with Crippen molar-refractivity contribution >= 4 is 40.7 Å². The Hall–Kier alpha value is -1.88. The van der Waals surface area contributed by atoms with Crippen LogP contribution in [0.25, 0.3) is 0 Å². The summed E-state index contributed by atoms with van der Waals surface area (Å²) >= 11 is 11.9. The van der Waals surface area contributed by atoms with Crippen molar-refractivity contribution in [3.8, 4) is 0 Å². The first-order valence-electron chi connectivity index (χ1n) is 6.37. The highest BCUT2D eigenvalue weighted by Gasteiger charge is 2.38. The van der Waals surface area contributed by atoms with Gasteiger partial charge >= 0.3 is 0 Å². The largest absolute Gasteiger partial charge is 0.374 e. The van der Waals surface area contributed by atoms with Crippen molar-refractivity contribution in [1.82, 2.24) is 0 Å². The number of rotatable bonds is 3. The number of para-hydroxylation sites is 1. The lowest BCUT2D eigenvalue weighted by atomic mass is 10.1. The van der Waals surface area contributed by atoms with Gasteiger partial charge < -0.3 is 4.74 Å². The first kappa shape index (κ1) is 15.0. The van der Waals surface area contributed by atoms with E-state index in [1.807, 2.05) is 0 Å². The molecule has 4 nitrogen and oxygen atoms in total. The zero-order valence-electron chi connectivity index (χ0n) is 11.3. The topological polar surface area (TPSA) is 46.6 Å². The Balaban J connectivity index is 2.12. The molecule has 22 heavy (non-hydrogen) atoms. The van der Waals surface area contributed by atoms with Crippen LogP contribution >= 0.6 is 23.2 Å². The fourth-order valence-corrected chi connectivity index (χ4v) is 2.74. The molecule has 0 fully saturated rings. The van der Waals surface area contributed by atoms with Crippen LogP contribution in [-0.4, -0.2) is 11.8 Å². The lowest BCUT2D eigenvalue weighted by molar-refractivity contribution is 0.0925. The molecule has 0 unspecified atom stereocenters. The Kier molecular flexibility index (Phi) is 3.91. The van der Waals surface area contributed by atoms with E-state index in [4.69, 9.17) is 27.9 Å². The highest BCUT2D eigenvalue weighted by molar-refractivity contribution is 6.44. The van der Waals surface area contributed by atoms with Crippen molar-refractivity contribution in [3.63, 3.8) is 0 Å². The van der Waals surface area contributed by atoms with E-state index in [1.54, 1.807) is 24.3 Å². The lowest BCUT2D eigenvalue weighted by Gasteiger charge is -2.17. The molecule has 6 heteroatoms. The summed E-state index contributed by atoms with van der Waals surface area (Å²) in [7, 11) is 3.33.